The Labute approximate surface area is 168 Å². The summed E-state index contributed by atoms with van der Waals surface area (Å²) in [4.78, 5) is 14.4. The van der Waals surface area contributed by atoms with Gasteiger partial charge in [0.1, 0.15) is 0 Å². The second kappa shape index (κ2) is 7.75. The third kappa shape index (κ3) is 4.24. The van der Waals surface area contributed by atoms with Gasteiger partial charge in [-0.15, -0.1) is 0 Å². The molecule has 0 fully saturated rings. The normalized spacial score (nSPS) is 12.6. The van der Waals surface area contributed by atoms with Gasteiger partial charge in [0.15, 0.2) is 0 Å². The van der Waals surface area contributed by atoms with Crippen LogP contribution in [-0.4, -0.2) is 36.1 Å². The fraction of sp³-hybridized carbons (Fsp3) is 0.158. The van der Waals surface area contributed by atoms with Crippen LogP contribution < -0.4 is 5.14 Å². The first-order chi connectivity index (χ1) is 13.2. The Bertz CT molecular complexity index is 1110. The molecule has 3 rings (SSSR count). The minimum Gasteiger partial charge on any atom is -0.335 e. The van der Waals surface area contributed by atoms with Crippen molar-refractivity contribution >= 4 is 27.5 Å². The second-order valence-electron chi connectivity index (χ2n) is 6.36. The number of nitrogens with two attached hydrogens (primary N) is 1. The summed E-state index contributed by atoms with van der Waals surface area (Å²) in [5.74, 6) is -0.242. The van der Waals surface area contributed by atoms with Crippen molar-refractivity contribution < 1.29 is 13.2 Å². The summed E-state index contributed by atoms with van der Waals surface area (Å²) in [5.41, 5.74) is 1.85. The molecule has 1 atom stereocenters. The fourth-order valence-electron chi connectivity index (χ4n) is 2.72. The highest BCUT2D eigenvalue weighted by atomic mass is 35.5. The Kier molecular flexibility index (Phi) is 5.55. The molecule has 0 bridgehead atoms. The van der Waals surface area contributed by atoms with Crippen molar-refractivity contribution in [3.63, 3.8) is 0 Å². The van der Waals surface area contributed by atoms with Crippen LogP contribution in [0.5, 0.6) is 0 Å². The third-order valence-corrected chi connectivity index (χ3v) is 5.65. The zero-order valence-corrected chi connectivity index (χ0v) is 16.9. The van der Waals surface area contributed by atoms with E-state index >= 15 is 0 Å². The lowest BCUT2D eigenvalue weighted by Gasteiger charge is -2.25. The molecule has 0 saturated carbocycles. The maximum absolute atomic E-state index is 12.8. The molecule has 28 heavy (non-hydrogen) atoms. The number of benzene rings is 2. The Morgan fingerprint density at radius 1 is 1.21 bits per heavy atom. The molecule has 0 aliphatic carbocycles. The number of halogens is 1. The molecule has 9 heteroatoms. The van der Waals surface area contributed by atoms with Gasteiger partial charge in [0.2, 0.25) is 10.0 Å². The molecule has 1 heterocycles. The first kappa shape index (κ1) is 20.1. The number of carbonyl (C=O) groups excluding carboxylic acids is 1. The van der Waals surface area contributed by atoms with Crippen molar-refractivity contribution in [1.82, 2.24) is 14.7 Å². The van der Waals surface area contributed by atoms with Gasteiger partial charge >= 0.3 is 0 Å². The molecule has 0 aliphatic rings. The number of aromatic nitrogens is 2. The Balaban J connectivity index is 1.82. The molecule has 1 aromatic heterocycles. The zero-order valence-electron chi connectivity index (χ0n) is 15.3. The van der Waals surface area contributed by atoms with E-state index in [1.54, 1.807) is 54.3 Å². The Morgan fingerprint density at radius 3 is 2.54 bits per heavy atom. The van der Waals surface area contributed by atoms with Gasteiger partial charge in [0.05, 0.1) is 28.4 Å². The van der Waals surface area contributed by atoms with Gasteiger partial charge < -0.3 is 4.90 Å². The number of nitrogens with zero attached hydrogens (tertiary/aromatic N) is 3. The highest BCUT2D eigenvalue weighted by molar-refractivity contribution is 7.89. The van der Waals surface area contributed by atoms with Crippen molar-refractivity contribution in [2.24, 2.45) is 5.14 Å². The SMILES string of the molecule is CC(c1cccc(S(N)(=O)=O)c1)N(C)C(=O)c1cnn(-c2ccc(Cl)cc2)c1. The molecule has 0 saturated heterocycles. The summed E-state index contributed by atoms with van der Waals surface area (Å²) in [6.07, 6.45) is 3.12. The average molecular weight is 419 g/mol. The lowest BCUT2D eigenvalue weighted by Crippen LogP contribution is -2.29. The quantitative estimate of drug-likeness (QED) is 0.688. The molecule has 0 spiro atoms. The Hall–Kier alpha value is -2.68. The van der Waals surface area contributed by atoms with Crippen molar-refractivity contribution in [1.29, 1.82) is 0 Å². The van der Waals surface area contributed by atoms with Crippen LogP contribution in [-0.2, 0) is 10.0 Å². The van der Waals surface area contributed by atoms with E-state index in [1.807, 2.05) is 6.92 Å². The number of sulfonamides is 1. The van der Waals surface area contributed by atoms with Gasteiger partial charge in [-0.25, -0.2) is 18.2 Å². The second-order valence-corrected chi connectivity index (χ2v) is 8.36. The van der Waals surface area contributed by atoms with Crippen molar-refractivity contribution in [2.45, 2.75) is 17.9 Å². The largest absolute Gasteiger partial charge is 0.335 e. The highest BCUT2D eigenvalue weighted by Gasteiger charge is 2.21. The van der Waals surface area contributed by atoms with Gasteiger partial charge in [-0.05, 0) is 48.9 Å². The lowest BCUT2D eigenvalue weighted by molar-refractivity contribution is 0.0742. The summed E-state index contributed by atoms with van der Waals surface area (Å²) < 4.78 is 24.7. The smallest absolute Gasteiger partial charge is 0.257 e. The molecule has 7 nitrogen and oxygen atoms in total. The van der Waals surface area contributed by atoms with Crippen LogP contribution in [0.3, 0.4) is 0 Å². The first-order valence-electron chi connectivity index (χ1n) is 8.37. The number of rotatable bonds is 5. The van der Waals surface area contributed by atoms with Gasteiger partial charge in [0.25, 0.3) is 5.91 Å². The maximum Gasteiger partial charge on any atom is 0.257 e. The fourth-order valence-corrected chi connectivity index (χ4v) is 3.42. The summed E-state index contributed by atoms with van der Waals surface area (Å²) in [7, 11) is -2.16. The molecular formula is C19H19ClN4O3S. The van der Waals surface area contributed by atoms with E-state index in [-0.39, 0.29) is 16.8 Å². The summed E-state index contributed by atoms with van der Waals surface area (Å²) in [6, 6.07) is 13.0. The monoisotopic (exact) mass is 418 g/mol. The number of amides is 1. The van der Waals surface area contributed by atoms with Gasteiger partial charge in [-0.1, -0.05) is 23.7 Å². The van der Waals surface area contributed by atoms with Crippen molar-refractivity contribution in [3.05, 3.63) is 77.1 Å². The zero-order chi connectivity index (χ0) is 20.5. The van der Waals surface area contributed by atoms with Crippen LogP contribution in [0.2, 0.25) is 5.02 Å². The topological polar surface area (TPSA) is 98.3 Å². The minimum absolute atomic E-state index is 0.00765. The Morgan fingerprint density at radius 2 is 1.89 bits per heavy atom. The third-order valence-electron chi connectivity index (χ3n) is 4.49. The van der Waals surface area contributed by atoms with Crippen LogP contribution in [0.1, 0.15) is 28.9 Å². The number of hydrogen-bond acceptors (Lipinski definition) is 4. The lowest BCUT2D eigenvalue weighted by atomic mass is 10.1. The van der Waals surface area contributed by atoms with Gasteiger partial charge in [-0.3, -0.25) is 4.79 Å². The molecule has 1 unspecified atom stereocenters. The highest BCUT2D eigenvalue weighted by Crippen LogP contribution is 2.23. The van der Waals surface area contributed by atoms with Crippen LogP contribution in [0.15, 0.2) is 65.8 Å². The molecule has 3 aromatic rings. The van der Waals surface area contributed by atoms with Crippen LogP contribution >= 0.6 is 11.6 Å². The molecule has 1 amide bonds. The van der Waals surface area contributed by atoms with E-state index in [1.165, 1.54) is 23.2 Å². The summed E-state index contributed by atoms with van der Waals surface area (Å²) >= 11 is 5.89. The van der Waals surface area contributed by atoms with Gasteiger partial charge in [-0.2, -0.15) is 5.10 Å². The average Bonchev–Trinajstić information content (AvgIpc) is 3.16. The van der Waals surface area contributed by atoms with Gasteiger partial charge in [0, 0.05) is 18.3 Å². The molecule has 2 aromatic carbocycles. The molecular weight excluding hydrogens is 400 g/mol. The van der Waals surface area contributed by atoms with E-state index in [0.717, 1.165) is 5.69 Å². The van der Waals surface area contributed by atoms with Crippen LogP contribution in [0.4, 0.5) is 0 Å². The summed E-state index contributed by atoms with van der Waals surface area (Å²) in [5, 5.41) is 10.0. The number of primary sulfonamides is 1. The summed E-state index contributed by atoms with van der Waals surface area (Å²) in [6.45, 7) is 1.81. The number of carbonyl (C=O) groups is 1. The number of hydrogen-bond donors (Lipinski definition) is 1. The molecule has 0 aliphatic heterocycles. The first-order valence-corrected chi connectivity index (χ1v) is 10.3. The predicted octanol–water partition coefficient (Wildman–Crippen LogP) is 3.01. The molecule has 0 radical (unpaired) electrons. The predicted molar refractivity (Wildman–Crippen MR) is 107 cm³/mol. The molecule has 2 N–H and O–H groups in total. The van der Waals surface area contributed by atoms with Crippen molar-refractivity contribution in [3.8, 4) is 5.69 Å². The van der Waals surface area contributed by atoms with Crippen molar-refractivity contribution in [2.75, 3.05) is 7.05 Å². The van der Waals surface area contributed by atoms with E-state index in [4.69, 9.17) is 16.7 Å². The van der Waals surface area contributed by atoms with Crippen LogP contribution in [0.25, 0.3) is 5.69 Å². The standard InChI is InChI=1S/C19H19ClN4O3S/c1-13(14-4-3-5-18(10-14)28(21,26)27)23(2)19(25)15-11-22-24(12-15)17-8-6-16(20)7-9-17/h3-13H,1-2H3,(H2,21,26,27). The van der Waals surface area contributed by atoms with E-state index in [0.29, 0.717) is 16.1 Å². The van der Waals surface area contributed by atoms with E-state index in [2.05, 4.69) is 5.10 Å². The van der Waals surface area contributed by atoms with Crippen LogP contribution in [0, 0.1) is 0 Å². The minimum atomic E-state index is -3.81. The maximum atomic E-state index is 12.8. The van der Waals surface area contributed by atoms with E-state index in [9.17, 15) is 13.2 Å². The van der Waals surface area contributed by atoms with E-state index < -0.39 is 10.0 Å². The molecule has 146 valence electrons.